The number of carboxylic acids is 1. The van der Waals surface area contributed by atoms with Crippen LogP contribution in [0.25, 0.3) is 0 Å². The van der Waals surface area contributed by atoms with Crippen LogP contribution in [0.1, 0.15) is 15.9 Å². The van der Waals surface area contributed by atoms with Crippen LogP contribution in [0.2, 0.25) is 5.02 Å². The Morgan fingerprint density at radius 3 is 2.84 bits per heavy atom. The molecule has 0 aliphatic carbocycles. The highest BCUT2D eigenvalue weighted by Crippen LogP contribution is 2.18. The van der Waals surface area contributed by atoms with Crippen molar-refractivity contribution < 1.29 is 19.4 Å². The molecule has 102 valence electrons. The predicted octanol–water partition coefficient (Wildman–Crippen LogP) is 1.57. The number of carboxylic acid groups (broad SMARTS) is 1. The van der Waals surface area contributed by atoms with Gasteiger partial charge in [-0.3, -0.25) is 4.79 Å². The lowest BCUT2D eigenvalue weighted by Crippen LogP contribution is -2.48. The fourth-order valence-electron chi connectivity index (χ4n) is 1.94. The summed E-state index contributed by atoms with van der Waals surface area (Å²) >= 11 is 5.91. The Morgan fingerprint density at radius 1 is 1.47 bits per heavy atom. The third kappa shape index (κ3) is 3.05. The SMILES string of the molecule is Cc1cc(C(=O)N2CCO[C@@H](C(=O)O)C2)ccc1Cl. The molecule has 0 unspecified atom stereocenters. The summed E-state index contributed by atoms with van der Waals surface area (Å²) in [5.41, 5.74) is 1.32. The van der Waals surface area contributed by atoms with Crippen LogP contribution in [0.4, 0.5) is 0 Å². The lowest BCUT2D eigenvalue weighted by molar-refractivity contribution is -0.154. The van der Waals surface area contributed by atoms with Gasteiger partial charge in [0.15, 0.2) is 6.10 Å². The molecule has 0 bridgehead atoms. The van der Waals surface area contributed by atoms with Crippen molar-refractivity contribution in [3.63, 3.8) is 0 Å². The molecule has 2 rings (SSSR count). The van der Waals surface area contributed by atoms with Crippen LogP contribution in [0.15, 0.2) is 18.2 Å². The van der Waals surface area contributed by atoms with Gasteiger partial charge in [-0.05, 0) is 30.7 Å². The van der Waals surface area contributed by atoms with Gasteiger partial charge >= 0.3 is 5.97 Å². The van der Waals surface area contributed by atoms with Crippen molar-refractivity contribution in [2.45, 2.75) is 13.0 Å². The monoisotopic (exact) mass is 283 g/mol. The fraction of sp³-hybridized carbons (Fsp3) is 0.385. The van der Waals surface area contributed by atoms with Crippen molar-refractivity contribution in [3.8, 4) is 0 Å². The van der Waals surface area contributed by atoms with Gasteiger partial charge in [0.2, 0.25) is 0 Å². The third-order valence-electron chi connectivity index (χ3n) is 3.03. The average Bonchev–Trinajstić information content (AvgIpc) is 2.41. The number of carbonyl (C=O) groups excluding carboxylic acids is 1. The van der Waals surface area contributed by atoms with Crippen molar-refractivity contribution in [2.24, 2.45) is 0 Å². The molecule has 6 heteroatoms. The zero-order chi connectivity index (χ0) is 14.0. The Labute approximate surface area is 115 Å². The number of aryl methyl sites for hydroxylation is 1. The van der Waals surface area contributed by atoms with E-state index in [0.717, 1.165) is 5.56 Å². The Balaban J connectivity index is 2.14. The van der Waals surface area contributed by atoms with E-state index in [1.165, 1.54) is 4.90 Å². The Bertz CT molecular complexity index is 517. The van der Waals surface area contributed by atoms with Crippen molar-refractivity contribution >= 4 is 23.5 Å². The van der Waals surface area contributed by atoms with Gasteiger partial charge in [-0.25, -0.2) is 4.79 Å². The standard InChI is InChI=1S/C13H14ClNO4/c1-8-6-9(2-3-10(8)14)12(16)15-4-5-19-11(7-15)13(17)18/h2-3,6,11H,4-5,7H2,1H3,(H,17,18)/t11-/m1/s1. The van der Waals surface area contributed by atoms with Crippen LogP contribution in [0, 0.1) is 6.92 Å². The van der Waals surface area contributed by atoms with Crippen LogP contribution < -0.4 is 0 Å². The highest BCUT2D eigenvalue weighted by atomic mass is 35.5. The molecular weight excluding hydrogens is 270 g/mol. The summed E-state index contributed by atoms with van der Waals surface area (Å²) in [5.74, 6) is -1.25. The van der Waals surface area contributed by atoms with E-state index in [0.29, 0.717) is 17.1 Å². The lowest BCUT2D eigenvalue weighted by Gasteiger charge is -2.31. The highest BCUT2D eigenvalue weighted by molar-refractivity contribution is 6.31. The van der Waals surface area contributed by atoms with E-state index in [-0.39, 0.29) is 19.1 Å². The molecule has 1 aromatic carbocycles. The van der Waals surface area contributed by atoms with Gasteiger partial charge in [-0.15, -0.1) is 0 Å². The highest BCUT2D eigenvalue weighted by Gasteiger charge is 2.29. The van der Waals surface area contributed by atoms with Gasteiger partial charge in [0.05, 0.1) is 13.2 Å². The summed E-state index contributed by atoms with van der Waals surface area (Å²) in [6.07, 6.45) is -0.953. The molecule has 1 fully saturated rings. The average molecular weight is 284 g/mol. The van der Waals surface area contributed by atoms with Crippen LogP contribution in [-0.4, -0.2) is 47.7 Å². The van der Waals surface area contributed by atoms with E-state index in [2.05, 4.69) is 0 Å². The quantitative estimate of drug-likeness (QED) is 0.895. The molecule has 1 aliphatic rings. The second-order valence-electron chi connectivity index (χ2n) is 4.41. The Hall–Kier alpha value is -1.59. The first-order chi connectivity index (χ1) is 8.99. The molecule has 1 atom stereocenters. The predicted molar refractivity (Wildman–Crippen MR) is 69.5 cm³/mol. The minimum atomic E-state index is -1.05. The second-order valence-corrected chi connectivity index (χ2v) is 4.82. The maximum atomic E-state index is 12.3. The topological polar surface area (TPSA) is 66.8 Å². The summed E-state index contributed by atoms with van der Waals surface area (Å²) < 4.78 is 5.08. The van der Waals surface area contributed by atoms with Crippen molar-refractivity contribution in [2.75, 3.05) is 19.7 Å². The molecule has 1 amide bonds. The molecule has 0 saturated carbocycles. The van der Waals surface area contributed by atoms with Gasteiger partial charge in [-0.1, -0.05) is 11.6 Å². The summed E-state index contributed by atoms with van der Waals surface area (Å²) in [6, 6.07) is 5.01. The van der Waals surface area contributed by atoms with Crippen molar-refractivity contribution in [1.29, 1.82) is 0 Å². The fourth-order valence-corrected chi connectivity index (χ4v) is 2.06. The van der Waals surface area contributed by atoms with E-state index in [1.807, 2.05) is 6.92 Å². The molecule has 1 saturated heterocycles. The lowest BCUT2D eigenvalue weighted by atomic mass is 10.1. The van der Waals surface area contributed by atoms with Crippen LogP contribution in [0.3, 0.4) is 0 Å². The van der Waals surface area contributed by atoms with Crippen molar-refractivity contribution in [3.05, 3.63) is 34.3 Å². The summed E-state index contributed by atoms with van der Waals surface area (Å²) in [6.45, 7) is 2.51. The van der Waals surface area contributed by atoms with Gasteiger partial charge in [0, 0.05) is 17.1 Å². The zero-order valence-corrected chi connectivity index (χ0v) is 11.2. The molecular formula is C13H14ClNO4. The molecule has 1 N–H and O–H groups in total. The first-order valence-corrected chi connectivity index (χ1v) is 6.26. The normalized spacial score (nSPS) is 19.3. The van der Waals surface area contributed by atoms with Gasteiger partial charge < -0.3 is 14.7 Å². The molecule has 1 aromatic rings. The number of ether oxygens (including phenoxy) is 1. The van der Waals surface area contributed by atoms with E-state index in [1.54, 1.807) is 18.2 Å². The zero-order valence-electron chi connectivity index (χ0n) is 10.4. The van der Waals surface area contributed by atoms with Gasteiger partial charge in [0.1, 0.15) is 0 Å². The second kappa shape index (κ2) is 5.59. The molecule has 5 nitrogen and oxygen atoms in total. The van der Waals surface area contributed by atoms with Crippen molar-refractivity contribution in [1.82, 2.24) is 4.90 Å². The van der Waals surface area contributed by atoms with Crippen LogP contribution in [-0.2, 0) is 9.53 Å². The summed E-state index contributed by atoms with van der Waals surface area (Å²) in [4.78, 5) is 24.6. The van der Waals surface area contributed by atoms with E-state index < -0.39 is 12.1 Å². The minimum Gasteiger partial charge on any atom is -0.479 e. The number of halogens is 1. The van der Waals surface area contributed by atoms with Crippen LogP contribution in [0.5, 0.6) is 0 Å². The van der Waals surface area contributed by atoms with E-state index in [4.69, 9.17) is 21.4 Å². The first kappa shape index (κ1) is 13.8. The third-order valence-corrected chi connectivity index (χ3v) is 3.46. The summed E-state index contributed by atoms with van der Waals surface area (Å²) in [7, 11) is 0. The number of rotatable bonds is 2. The number of aliphatic carboxylic acids is 1. The number of carbonyl (C=O) groups is 2. The molecule has 1 heterocycles. The molecule has 1 aliphatic heterocycles. The number of benzene rings is 1. The largest absolute Gasteiger partial charge is 0.479 e. The number of hydrogen-bond acceptors (Lipinski definition) is 3. The first-order valence-electron chi connectivity index (χ1n) is 5.89. The Morgan fingerprint density at radius 2 is 2.21 bits per heavy atom. The molecule has 0 spiro atoms. The maximum Gasteiger partial charge on any atom is 0.334 e. The van der Waals surface area contributed by atoms with E-state index in [9.17, 15) is 9.59 Å². The maximum absolute atomic E-state index is 12.3. The Kier molecular flexibility index (Phi) is 4.07. The number of hydrogen-bond donors (Lipinski definition) is 1. The molecule has 0 aromatic heterocycles. The molecule has 0 radical (unpaired) electrons. The van der Waals surface area contributed by atoms with Gasteiger partial charge in [-0.2, -0.15) is 0 Å². The minimum absolute atomic E-state index is 0.0653. The van der Waals surface area contributed by atoms with Gasteiger partial charge in [0.25, 0.3) is 5.91 Å². The molecule has 19 heavy (non-hydrogen) atoms. The number of amides is 1. The summed E-state index contributed by atoms with van der Waals surface area (Å²) in [5, 5.41) is 9.51. The number of morpholine rings is 1. The van der Waals surface area contributed by atoms with Crippen LogP contribution >= 0.6 is 11.6 Å². The smallest absolute Gasteiger partial charge is 0.334 e. The number of nitrogens with zero attached hydrogens (tertiary/aromatic N) is 1. The van der Waals surface area contributed by atoms with E-state index >= 15 is 0 Å².